The lowest BCUT2D eigenvalue weighted by Crippen LogP contribution is -2.31. The lowest BCUT2D eigenvalue weighted by molar-refractivity contribution is 0.132. The molecule has 0 spiro atoms. The lowest BCUT2D eigenvalue weighted by Gasteiger charge is -2.12. The molecule has 86 valence electrons. The topological polar surface area (TPSA) is 21.3 Å². The second-order valence-electron chi connectivity index (χ2n) is 3.48. The van der Waals surface area contributed by atoms with Crippen LogP contribution in [-0.4, -0.2) is 37.3 Å². The van der Waals surface area contributed by atoms with Crippen molar-refractivity contribution in [3.8, 4) is 0 Å². The fourth-order valence-corrected chi connectivity index (χ4v) is 1.79. The highest BCUT2D eigenvalue weighted by atomic mass is 32.2. The average molecular weight is 219 g/mol. The molecule has 0 heterocycles. The minimum absolute atomic E-state index is 0.606. The van der Waals surface area contributed by atoms with Gasteiger partial charge in [0.2, 0.25) is 0 Å². The molecular weight excluding hydrogens is 194 g/mol. The Bertz CT molecular complexity index is 111. The predicted octanol–water partition coefficient (Wildman–Crippen LogP) is 2.53. The summed E-state index contributed by atoms with van der Waals surface area (Å²) in [5.74, 6) is 2.41. The molecule has 1 N–H and O–H groups in total. The number of rotatable bonds is 10. The van der Waals surface area contributed by atoms with E-state index in [0.717, 1.165) is 19.8 Å². The number of thioether (sulfide) groups is 1. The summed E-state index contributed by atoms with van der Waals surface area (Å²) in [4.78, 5) is 0. The lowest BCUT2D eigenvalue weighted by atomic mass is 10.4. The zero-order valence-corrected chi connectivity index (χ0v) is 10.7. The highest BCUT2D eigenvalue weighted by Crippen LogP contribution is 2.00. The van der Waals surface area contributed by atoms with E-state index in [2.05, 4.69) is 26.1 Å². The molecule has 0 aromatic heterocycles. The Morgan fingerprint density at radius 2 is 2.07 bits per heavy atom. The quantitative estimate of drug-likeness (QED) is 0.571. The Labute approximate surface area is 93.2 Å². The van der Waals surface area contributed by atoms with Gasteiger partial charge in [-0.2, -0.15) is 11.8 Å². The van der Waals surface area contributed by atoms with E-state index >= 15 is 0 Å². The van der Waals surface area contributed by atoms with Crippen molar-refractivity contribution in [2.45, 2.75) is 39.7 Å². The smallest absolute Gasteiger partial charge is 0.0591 e. The molecule has 0 aromatic carbocycles. The van der Waals surface area contributed by atoms with Crippen LogP contribution < -0.4 is 5.32 Å². The van der Waals surface area contributed by atoms with Crippen LogP contribution in [0, 0.1) is 0 Å². The van der Waals surface area contributed by atoms with E-state index in [0.29, 0.717) is 6.04 Å². The van der Waals surface area contributed by atoms with E-state index in [9.17, 15) is 0 Å². The van der Waals surface area contributed by atoms with Crippen LogP contribution >= 0.6 is 11.8 Å². The third-order valence-electron chi connectivity index (χ3n) is 1.95. The summed E-state index contributed by atoms with van der Waals surface area (Å²) in [7, 11) is 0. The van der Waals surface area contributed by atoms with E-state index in [4.69, 9.17) is 4.74 Å². The third-order valence-corrected chi connectivity index (χ3v) is 3.10. The van der Waals surface area contributed by atoms with Gasteiger partial charge in [0.25, 0.3) is 0 Å². The largest absolute Gasteiger partial charge is 0.380 e. The normalized spacial score (nSPS) is 13.1. The first-order valence-corrected chi connectivity index (χ1v) is 6.85. The molecule has 0 fully saturated rings. The van der Waals surface area contributed by atoms with Crippen molar-refractivity contribution in [1.82, 2.24) is 5.32 Å². The summed E-state index contributed by atoms with van der Waals surface area (Å²) in [6.07, 6.45) is 2.40. The van der Waals surface area contributed by atoms with Gasteiger partial charge in [-0.1, -0.05) is 20.3 Å². The van der Waals surface area contributed by atoms with Crippen molar-refractivity contribution in [1.29, 1.82) is 0 Å². The standard InChI is InChI=1S/C11H25NOS/c1-4-6-8-13-9-7-12-11(3)10-14-5-2/h11-12H,4-10H2,1-3H3. The average Bonchev–Trinajstić information content (AvgIpc) is 2.20. The number of unbranched alkanes of at least 4 members (excludes halogenated alkanes) is 1. The van der Waals surface area contributed by atoms with Crippen LogP contribution in [0.1, 0.15) is 33.6 Å². The van der Waals surface area contributed by atoms with Gasteiger partial charge in [-0.3, -0.25) is 0 Å². The molecule has 0 saturated carbocycles. The summed E-state index contributed by atoms with van der Waals surface area (Å²) in [6, 6.07) is 0.606. The Morgan fingerprint density at radius 1 is 1.29 bits per heavy atom. The predicted molar refractivity (Wildman–Crippen MR) is 66.2 cm³/mol. The molecule has 0 bridgehead atoms. The first-order chi connectivity index (χ1) is 6.81. The summed E-state index contributed by atoms with van der Waals surface area (Å²) < 4.78 is 5.46. The zero-order chi connectivity index (χ0) is 10.6. The molecule has 1 unspecified atom stereocenters. The molecule has 0 amide bonds. The minimum Gasteiger partial charge on any atom is -0.380 e. The fraction of sp³-hybridized carbons (Fsp3) is 1.00. The van der Waals surface area contributed by atoms with Crippen molar-refractivity contribution in [2.24, 2.45) is 0 Å². The minimum atomic E-state index is 0.606. The van der Waals surface area contributed by atoms with Gasteiger partial charge in [-0.15, -0.1) is 0 Å². The van der Waals surface area contributed by atoms with Gasteiger partial charge in [-0.25, -0.2) is 0 Å². The SMILES string of the molecule is CCCCOCCNC(C)CSCC. The van der Waals surface area contributed by atoms with Crippen LogP contribution in [0.2, 0.25) is 0 Å². The van der Waals surface area contributed by atoms with E-state index in [-0.39, 0.29) is 0 Å². The molecule has 0 aliphatic rings. The van der Waals surface area contributed by atoms with Gasteiger partial charge in [0.15, 0.2) is 0 Å². The second kappa shape index (κ2) is 11.3. The van der Waals surface area contributed by atoms with E-state index in [1.165, 1.54) is 24.3 Å². The van der Waals surface area contributed by atoms with Crippen molar-refractivity contribution in [2.75, 3.05) is 31.3 Å². The Hall–Kier alpha value is 0.270. The summed E-state index contributed by atoms with van der Waals surface area (Å²) in [6.45, 7) is 9.36. The molecule has 14 heavy (non-hydrogen) atoms. The molecule has 3 heteroatoms. The molecule has 0 aromatic rings. The van der Waals surface area contributed by atoms with E-state index in [1.807, 2.05) is 11.8 Å². The van der Waals surface area contributed by atoms with Crippen LogP contribution in [0.4, 0.5) is 0 Å². The molecule has 0 aliphatic heterocycles. The van der Waals surface area contributed by atoms with E-state index < -0.39 is 0 Å². The van der Waals surface area contributed by atoms with Crippen molar-refractivity contribution in [3.63, 3.8) is 0 Å². The van der Waals surface area contributed by atoms with Gasteiger partial charge in [0.1, 0.15) is 0 Å². The molecule has 0 aliphatic carbocycles. The van der Waals surface area contributed by atoms with Gasteiger partial charge in [0.05, 0.1) is 6.61 Å². The number of ether oxygens (including phenoxy) is 1. The molecule has 0 rings (SSSR count). The summed E-state index contributed by atoms with van der Waals surface area (Å²) in [5.41, 5.74) is 0. The molecule has 0 saturated heterocycles. The van der Waals surface area contributed by atoms with Gasteiger partial charge >= 0.3 is 0 Å². The van der Waals surface area contributed by atoms with Gasteiger partial charge < -0.3 is 10.1 Å². The van der Waals surface area contributed by atoms with Crippen molar-refractivity contribution < 1.29 is 4.74 Å². The first-order valence-electron chi connectivity index (χ1n) is 5.70. The first kappa shape index (κ1) is 14.3. The third kappa shape index (κ3) is 10.4. The van der Waals surface area contributed by atoms with Crippen molar-refractivity contribution in [3.05, 3.63) is 0 Å². The molecular formula is C11H25NOS. The van der Waals surface area contributed by atoms with E-state index in [1.54, 1.807) is 0 Å². The number of nitrogens with one attached hydrogen (secondary N) is 1. The highest BCUT2D eigenvalue weighted by Gasteiger charge is 1.99. The fourth-order valence-electron chi connectivity index (χ4n) is 1.08. The Morgan fingerprint density at radius 3 is 2.71 bits per heavy atom. The maximum absolute atomic E-state index is 5.46. The van der Waals surface area contributed by atoms with Crippen LogP contribution in [0.3, 0.4) is 0 Å². The highest BCUT2D eigenvalue weighted by molar-refractivity contribution is 7.99. The summed E-state index contributed by atoms with van der Waals surface area (Å²) >= 11 is 1.98. The Kier molecular flexibility index (Phi) is 11.6. The van der Waals surface area contributed by atoms with Crippen LogP contribution in [0.25, 0.3) is 0 Å². The van der Waals surface area contributed by atoms with Crippen molar-refractivity contribution >= 4 is 11.8 Å². The maximum atomic E-state index is 5.46. The molecule has 0 radical (unpaired) electrons. The molecule has 1 atom stereocenters. The number of hydrogen-bond acceptors (Lipinski definition) is 3. The molecule has 2 nitrogen and oxygen atoms in total. The van der Waals surface area contributed by atoms with Crippen LogP contribution in [0.5, 0.6) is 0 Å². The zero-order valence-electron chi connectivity index (χ0n) is 9.84. The van der Waals surface area contributed by atoms with Crippen LogP contribution in [-0.2, 0) is 4.74 Å². The summed E-state index contributed by atoms with van der Waals surface area (Å²) in [5, 5.41) is 3.45. The Balaban J connectivity index is 3.02. The van der Waals surface area contributed by atoms with Crippen LogP contribution in [0.15, 0.2) is 0 Å². The monoisotopic (exact) mass is 219 g/mol. The second-order valence-corrected chi connectivity index (χ2v) is 4.80. The number of hydrogen-bond donors (Lipinski definition) is 1. The van der Waals surface area contributed by atoms with Gasteiger partial charge in [0, 0.05) is 24.9 Å². The maximum Gasteiger partial charge on any atom is 0.0591 e. The van der Waals surface area contributed by atoms with Gasteiger partial charge in [-0.05, 0) is 19.1 Å².